The summed E-state index contributed by atoms with van der Waals surface area (Å²) in [6.07, 6.45) is 5.51. The number of benzene rings is 8. The van der Waals surface area contributed by atoms with Crippen molar-refractivity contribution in [2.75, 3.05) is 0 Å². The molecule has 8 aromatic carbocycles. The lowest BCUT2D eigenvalue weighted by Gasteiger charge is -2.64. The highest BCUT2D eigenvalue weighted by Crippen LogP contribution is 2.67. The second kappa shape index (κ2) is 16.5. The van der Waals surface area contributed by atoms with Crippen molar-refractivity contribution in [1.29, 1.82) is 0 Å². The Morgan fingerprint density at radius 2 is 0.443 bits per heavy atom. The van der Waals surface area contributed by atoms with E-state index >= 15 is 0 Å². The Morgan fingerprint density at radius 1 is 0.246 bits per heavy atom. The molecule has 2 fully saturated rings. The molecule has 0 radical (unpaired) electrons. The first kappa shape index (κ1) is 39.9. The highest BCUT2D eigenvalue weighted by molar-refractivity contribution is 5.67. The van der Waals surface area contributed by atoms with Gasteiger partial charge in [-0.2, -0.15) is 0 Å². The van der Waals surface area contributed by atoms with Gasteiger partial charge in [-0.1, -0.05) is 232 Å². The maximum atomic E-state index is 3.00. The van der Waals surface area contributed by atoms with Gasteiger partial charge in [0.15, 0.2) is 0 Å². The molecule has 0 atom stereocenters. The van der Waals surface area contributed by atoms with Gasteiger partial charge in [0.25, 0.3) is 0 Å². The first-order valence-corrected chi connectivity index (χ1v) is 22.0. The quantitative estimate of drug-likeness (QED) is 0.135. The monoisotopic (exact) mass is 788 g/mol. The number of hydrogen-bond acceptors (Lipinski definition) is 0. The van der Waals surface area contributed by atoms with Gasteiger partial charge in [-0.3, -0.25) is 0 Å². The van der Waals surface area contributed by atoms with E-state index in [1.165, 1.54) is 66.8 Å². The van der Waals surface area contributed by atoms with Crippen molar-refractivity contribution in [3.63, 3.8) is 0 Å². The van der Waals surface area contributed by atoms with E-state index in [2.05, 4.69) is 245 Å². The van der Waals surface area contributed by atoms with Gasteiger partial charge in [0.2, 0.25) is 0 Å². The van der Waals surface area contributed by atoms with Crippen molar-refractivity contribution in [2.45, 2.75) is 67.6 Å². The third-order valence-electron chi connectivity index (χ3n) is 14.2. The molecule has 0 spiro atoms. The van der Waals surface area contributed by atoms with Crippen molar-refractivity contribution in [1.82, 2.24) is 0 Å². The minimum atomic E-state index is -0.0660. The highest BCUT2D eigenvalue weighted by Gasteiger charge is 2.61. The molecule has 0 aliphatic heterocycles. The Labute approximate surface area is 364 Å². The van der Waals surface area contributed by atoms with Crippen LogP contribution in [0.4, 0.5) is 0 Å². The average molecular weight is 789 g/mol. The Morgan fingerprint density at radius 3 is 0.672 bits per heavy atom. The summed E-state index contributed by atoms with van der Waals surface area (Å²) in [5, 5.41) is 0. The molecule has 2 aliphatic rings. The lowest BCUT2D eigenvalue weighted by atomic mass is 9.40. The van der Waals surface area contributed by atoms with E-state index in [0.29, 0.717) is 0 Å². The molecule has 0 aromatic heterocycles. The smallest absolute Gasteiger partial charge is 0.00218 e. The first-order valence-electron chi connectivity index (χ1n) is 22.0. The van der Waals surface area contributed by atoms with Crippen molar-refractivity contribution < 1.29 is 0 Å². The molecule has 0 heterocycles. The molecule has 8 aromatic rings. The maximum absolute atomic E-state index is 3.00. The van der Waals surface area contributed by atoms with Crippen LogP contribution in [-0.4, -0.2) is 0 Å². The zero-order valence-electron chi connectivity index (χ0n) is 35.7. The summed E-state index contributed by atoms with van der Waals surface area (Å²) in [5.74, 6) is 0. The summed E-state index contributed by atoms with van der Waals surface area (Å²) < 4.78 is 0. The maximum Gasteiger partial charge on any atom is -0.00218 e. The van der Waals surface area contributed by atoms with E-state index < -0.39 is 0 Å². The van der Waals surface area contributed by atoms with Gasteiger partial charge >= 0.3 is 0 Å². The standard InChI is InChI=1S/C59H52.C2H4/c1-56(52-31-23-48(24-32-52)44-15-7-3-8-16-44)39-58(54-35-27-50(28-36-54)46-19-11-5-12-20-46)41-57(2,53-33-25-49(26-34-53)45-17-9-4-10-18-45)42-59(40-56,43-58)55-37-29-51(30-38-55)47-21-13-6-14-22-47;1-2/h3-38H,39-43H2,1-2H3;1-2H2. The van der Waals surface area contributed by atoms with Crippen LogP contribution in [0.3, 0.4) is 0 Å². The molecule has 300 valence electrons. The molecule has 0 amide bonds. The van der Waals surface area contributed by atoms with Crippen LogP contribution in [0.15, 0.2) is 232 Å². The molecule has 0 heteroatoms. The minimum absolute atomic E-state index is 0.0534. The van der Waals surface area contributed by atoms with Gasteiger partial charge in [-0.25, -0.2) is 0 Å². The molecular weight excluding hydrogens is 733 g/mol. The number of rotatable bonds is 8. The molecule has 0 N–H and O–H groups in total. The van der Waals surface area contributed by atoms with E-state index in [1.54, 1.807) is 0 Å². The second-order valence-corrected chi connectivity index (χ2v) is 18.3. The molecule has 0 unspecified atom stereocenters. The predicted molar refractivity (Wildman–Crippen MR) is 260 cm³/mol. The van der Waals surface area contributed by atoms with Crippen LogP contribution in [0.5, 0.6) is 0 Å². The molecule has 2 aliphatic carbocycles. The summed E-state index contributed by atoms with van der Waals surface area (Å²) in [6.45, 7) is 11.2. The van der Waals surface area contributed by atoms with E-state index in [9.17, 15) is 0 Å². The SMILES string of the molecule is C=C.CC1(c2ccc(-c3ccccc3)cc2)CC2(c3ccc(-c4ccccc4)cc3)CC(C)(c3ccc(-c4ccccc4)cc3)CC(c3ccc(-c4ccccc4)cc3)(C1)C2. The van der Waals surface area contributed by atoms with Gasteiger partial charge in [0, 0.05) is 0 Å². The summed E-state index contributed by atoms with van der Waals surface area (Å²) in [5.41, 5.74) is 15.8. The Balaban J connectivity index is 0.00000235. The Hall–Kier alpha value is -6.50. The van der Waals surface area contributed by atoms with Gasteiger partial charge < -0.3 is 0 Å². The molecule has 10 rings (SSSR count). The van der Waals surface area contributed by atoms with E-state index in [0.717, 1.165) is 32.1 Å². The van der Waals surface area contributed by atoms with Gasteiger partial charge in [-0.15, -0.1) is 13.2 Å². The molecule has 2 saturated carbocycles. The van der Waals surface area contributed by atoms with Crippen LogP contribution in [-0.2, 0) is 21.7 Å². The molecule has 2 bridgehead atoms. The first-order chi connectivity index (χ1) is 29.8. The third kappa shape index (κ3) is 7.73. The molecule has 0 nitrogen and oxygen atoms in total. The van der Waals surface area contributed by atoms with Gasteiger partial charge in [0.05, 0.1) is 0 Å². The molecular formula is C61H56. The summed E-state index contributed by atoms with van der Waals surface area (Å²) in [4.78, 5) is 0. The van der Waals surface area contributed by atoms with Crippen molar-refractivity contribution in [2.24, 2.45) is 0 Å². The van der Waals surface area contributed by atoms with E-state index in [-0.39, 0.29) is 21.7 Å². The zero-order valence-corrected chi connectivity index (χ0v) is 35.7. The molecule has 0 saturated heterocycles. The van der Waals surface area contributed by atoms with Crippen LogP contribution in [0.1, 0.15) is 68.2 Å². The van der Waals surface area contributed by atoms with E-state index in [4.69, 9.17) is 0 Å². The predicted octanol–water partition coefficient (Wildman–Crippen LogP) is 16.2. The number of fused-ring (bicyclic) bond motifs is 2. The fourth-order valence-electron chi connectivity index (χ4n) is 11.8. The van der Waals surface area contributed by atoms with Crippen molar-refractivity contribution >= 4 is 0 Å². The fraction of sp³-hybridized carbons (Fsp3) is 0.180. The number of hydrogen-bond donors (Lipinski definition) is 0. The lowest BCUT2D eigenvalue weighted by molar-refractivity contribution is 0.0166. The Kier molecular flexibility index (Phi) is 10.8. The third-order valence-corrected chi connectivity index (χ3v) is 14.2. The second-order valence-electron chi connectivity index (χ2n) is 18.3. The topological polar surface area (TPSA) is 0 Å². The van der Waals surface area contributed by atoms with Crippen LogP contribution in [0, 0.1) is 0 Å². The summed E-state index contributed by atoms with van der Waals surface area (Å²) in [7, 11) is 0. The molecule has 61 heavy (non-hydrogen) atoms. The van der Waals surface area contributed by atoms with E-state index in [1.807, 2.05) is 0 Å². The zero-order chi connectivity index (χ0) is 41.9. The van der Waals surface area contributed by atoms with Crippen LogP contribution < -0.4 is 0 Å². The van der Waals surface area contributed by atoms with Gasteiger partial charge in [-0.05, 0) is 121 Å². The lowest BCUT2D eigenvalue weighted by Crippen LogP contribution is -2.59. The van der Waals surface area contributed by atoms with Crippen molar-refractivity contribution in [3.8, 4) is 44.5 Å². The summed E-state index contributed by atoms with van der Waals surface area (Å²) in [6, 6.07) is 82.0. The van der Waals surface area contributed by atoms with Crippen LogP contribution in [0.25, 0.3) is 44.5 Å². The largest absolute Gasteiger partial charge is 0.106 e. The van der Waals surface area contributed by atoms with Crippen molar-refractivity contribution in [3.05, 3.63) is 254 Å². The fourth-order valence-corrected chi connectivity index (χ4v) is 11.8. The average Bonchev–Trinajstić information content (AvgIpc) is 3.33. The summed E-state index contributed by atoms with van der Waals surface area (Å²) >= 11 is 0. The highest BCUT2D eigenvalue weighted by atomic mass is 14.6. The normalized spacial score (nSPS) is 23.0. The van der Waals surface area contributed by atoms with Gasteiger partial charge in [0.1, 0.15) is 0 Å². The van der Waals surface area contributed by atoms with Crippen LogP contribution >= 0.6 is 0 Å². The minimum Gasteiger partial charge on any atom is -0.106 e. The Bertz CT molecular complexity index is 2440. The van der Waals surface area contributed by atoms with Crippen LogP contribution in [0.2, 0.25) is 0 Å².